The molecule has 0 aliphatic carbocycles. The lowest BCUT2D eigenvalue weighted by Crippen LogP contribution is -2.22. The van der Waals surface area contributed by atoms with Crippen molar-refractivity contribution in [3.05, 3.63) is 28.8 Å². The fraction of sp³-hybridized carbons (Fsp3) is 0.462. The maximum Gasteiger partial charge on any atom is 0.311 e. The molecule has 0 saturated heterocycles. The van der Waals surface area contributed by atoms with Crippen LogP contribution in [0.5, 0.6) is 5.75 Å². The Morgan fingerprint density at radius 2 is 2.00 bits per heavy atom. The number of esters is 1. The van der Waals surface area contributed by atoms with Gasteiger partial charge in [-0.1, -0.05) is 11.6 Å². The summed E-state index contributed by atoms with van der Waals surface area (Å²) in [6.45, 7) is 5.60. The van der Waals surface area contributed by atoms with Crippen molar-refractivity contribution in [2.75, 3.05) is 7.11 Å². The monoisotopic (exact) mass is 256 g/mol. The summed E-state index contributed by atoms with van der Waals surface area (Å²) in [6.07, 6.45) is 0. The van der Waals surface area contributed by atoms with Crippen LogP contribution in [0.4, 0.5) is 0 Å². The van der Waals surface area contributed by atoms with Crippen molar-refractivity contribution in [1.82, 2.24) is 0 Å². The van der Waals surface area contributed by atoms with E-state index in [0.29, 0.717) is 10.8 Å². The van der Waals surface area contributed by atoms with E-state index in [0.717, 1.165) is 5.56 Å². The maximum absolute atomic E-state index is 11.6. The summed E-state index contributed by atoms with van der Waals surface area (Å²) in [4.78, 5) is 11.6. The van der Waals surface area contributed by atoms with Gasteiger partial charge in [0.2, 0.25) is 0 Å². The number of carbonyl (C=O) groups is 1. The number of methoxy groups -OCH3 is 1. The number of carbonyl (C=O) groups excluding carboxylic acids is 1. The predicted octanol–water partition coefficient (Wildman–Crippen LogP) is 3.44. The smallest absolute Gasteiger partial charge is 0.311 e. The SMILES string of the molecule is COc1ccc(Cl)cc1COC(=O)C(C)(C)C. The minimum absolute atomic E-state index is 0.167. The zero-order valence-corrected chi connectivity index (χ0v) is 11.3. The third kappa shape index (κ3) is 3.93. The Morgan fingerprint density at radius 3 is 2.53 bits per heavy atom. The van der Waals surface area contributed by atoms with Gasteiger partial charge in [0.1, 0.15) is 12.4 Å². The Bertz CT molecular complexity index is 408. The zero-order chi connectivity index (χ0) is 13.1. The van der Waals surface area contributed by atoms with Crippen LogP contribution in [0.15, 0.2) is 18.2 Å². The van der Waals surface area contributed by atoms with E-state index >= 15 is 0 Å². The number of benzene rings is 1. The lowest BCUT2D eigenvalue weighted by Gasteiger charge is -2.17. The highest BCUT2D eigenvalue weighted by atomic mass is 35.5. The minimum atomic E-state index is -0.508. The van der Waals surface area contributed by atoms with Gasteiger partial charge in [0.05, 0.1) is 12.5 Å². The molecule has 1 aromatic carbocycles. The number of halogens is 1. The fourth-order valence-electron chi connectivity index (χ4n) is 1.22. The normalized spacial score (nSPS) is 11.1. The fourth-order valence-corrected chi connectivity index (χ4v) is 1.41. The molecule has 94 valence electrons. The largest absolute Gasteiger partial charge is 0.496 e. The molecule has 1 aromatic rings. The second kappa shape index (κ2) is 5.41. The molecule has 0 aliphatic heterocycles. The van der Waals surface area contributed by atoms with Crippen LogP contribution in [0.2, 0.25) is 5.02 Å². The van der Waals surface area contributed by atoms with Gasteiger partial charge in [0, 0.05) is 10.6 Å². The van der Waals surface area contributed by atoms with Gasteiger partial charge in [-0.2, -0.15) is 0 Å². The second-order valence-corrected chi connectivity index (χ2v) is 5.22. The third-order valence-electron chi connectivity index (χ3n) is 2.21. The molecular weight excluding hydrogens is 240 g/mol. The molecule has 0 atom stereocenters. The molecule has 0 fully saturated rings. The lowest BCUT2D eigenvalue weighted by molar-refractivity contribution is -0.154. The number of ether oxygens (including phenoxy) is 2. The Balaban J connectivity index is 2.75. The van der Waals surface area contributed by atoms with Gasteiger partial charge in [-0.05, 0) is 39.0 Å². The molecule has 0 radical (unpaired) electrons. The quantitative estimate of drug-likeness (QED) is 0.777. The highest BCUT2D eigenvalue weighted by molar-refractivity contribution is 6.30. The van der Waals surface area contributed by atoms with E-state index in [9.17, 15) is 4.79 Å². The molecule has 0 amide bonds. The molecule has 0 unspecified atom stereocenters. The summed E-state index contributed by atoms with van der Waals surface area (Å²) in [5, 5.41) is 0.590. The second-order valence-electron chi connectivity index (χ2n) is 4.78. The van der Waals surface area contributed by atoms with Crippen molar-refractivity contribution in [3.8, 4) is 5.75 Å². The van der Waals surface area contributed by atoms with E-state index in [-0.39, 0.29) is 12.6 Å². The summed E-state index contributed by atoms with van der Waals surface area (Å²) >= 11 is 5.88. The molecule has 4 heteroatoms. The predicted molar refractivity (Wildman–Crippen MR) is 67.3 cm³/mol. The lowest BCUT2D eigenvalue weighted by atomic mass is 9.97. The Morgan fingerprint density at radius 1 is 1.35 bits per heavy atom. The summed E-state index contributed by atoms with van der Waals surface area (Å²) in [6, 6.07) is 5.22. The van der Waals surface area contributed by atoms with Gasteiger partial charge in [-0.3, -0.25) is 4.79 Å². The Hall–Kier alpha value is -1.22. The van der Waals surface area contributed by atoms with Crippen LogP contribution >= 0.6 is 11.6 Å². The first-order valence-corrected chi connectivity index (χ1v) is 5.72. The van der Waals surface area contributed by atoms with E-state index in [1.807, 2.05) is 20.8 Å². The number of rotatable bonds is 3. The van der Waals surface area contributed by atoms with Crippen LogP contribution in [0.3, 0.4) is 0 Å². The Kier molecular flexibility index (Phi) is 4.40. The molecule has 3 nitrogen and oxygen atoms in total. The van der Waals surface area contributed by atoms with Crippen LogP contribution in [-0.2, 0) is 16.1 Å². The average Bonchev–Trinajstić information content (AvgIpc) is 2.24. The topological polar surface area (TPSA) is 35.5 Å². The molecular formula is C13H17ClO3. The molecule has 0 heterocycles. The van der Waals surface area contributed by atoms with Crippen molar-refractivity contribution in [3.63, 3.8) is 0 Å². The molecule has 1 rings (SSSR count). The first-order chi connectivity index (χ1) is 7.84. The van der Waals surface area contributed by atoms with Crippen LogP contribution in [0.1, 0.15) is 26.3 Å². The van der Waals surface area contributed by atoms with Crippen molar-refractivity contribution in [2.24, 2.45) is 5.41 Å². The van der Waals surface area contributed by atoms with E-state index in [2.05, 4.69) is 0 Å². The minimum Gasteiger partial charge on any atom is -0.496 e. The van der Waals surface area contributed by atoms with Crippen LogP contribution < -0.4 is 4.74 Å². The third-order valence-corrected chi connectivity index (χ3v) is 2.45. The summed E-state index contributed by atoms with van der Waals surface area (Å²) in [5.74, 6) is 0.413. The van der Waals surface area contributed by atoms with Crippen molar-refractivity contribution >= 4 is 17.6 Å². The highest BCUT2D eigenvalue weighted by Gasteiger charge is 2.23. The average molecular weight is 257 g/mol. The molecule has 17 heavy (non-hydrogen) atoms. The number of hydrogen-bond donors (Lipinski definition) is 0. The standard InChI is InChI=1S/C13H17ClO3/c1-13(2,3)12(15)17-8-9-7-10(14)5-6-11(9)16-4/h5-7H,8H2,1-4H3. The van der Waals surface area contributed by atoms with E-state index in [1.54, 1.807) is 25.3 Å². The molecule has 0 bridgehead atoms. The van der Waals surface area contributed by atoms with Gasteiger partial charge in [0.25, 0.3) is 0 Å². The van der Waals surface area contributed by atoms with Crippen molar-refractivity contribution in [1.29, 1.82) is 0 Å². The first kappa shape index (κ1) is 13.8. The van der Waals surface area contributed by atoms with Crippen LogP contribution in [-0.4, -0.2) is 13.1 Å². The van der Waals surface area contributed by atoms with E-state index in [1.165, 1.54) is 0 Å². The van der Waals surface area contributed by atoms with E-state index in [4.69, 9.17) is 21.1 Å². The zero-order valence-electron chi connectivity index (χ0n) is 10.5. The maximum atomic E-state index is 11.6. The molecule has 0 N–H and O–H groups in total. The van der Waals surface area contributed by atoms with Gasteiger partial charge in [-0.15, -0.1) is 0 Å². The van der Waals surface area contributed by atoms with E-state index < -0.39 is 5.41 Å². The number of hydrogen-bond acceptors (Lipinski definition) is 3. The summed E-state index contributed by atoms with van der Waals surface area (Å²) < 4.78 is 10.4. The van der Waals surface area contributed by atoms with Crippen LogP contribution in [0, 0.1) is 5.41 Å². The molecule has 0 saturated carbocycles. The van der Waals surface area contributed by atoms with Crippen molar-refractivity contribution in [2.45, 2.75) is 27.4 Å². The molecule has 0 spiro atoms. The summed E-state index contributed by atoms with van der Waals surface area (Å²) in [5.41, 5.74) is 0.254. The van der Waals surface area contributed by atoms with Crippen LogP contribution in [0.25, 0.3) is 0 Å². The van der Waals surface area contributed by atoms with Crippen molar-refractivity contribution < 1.29 is 14.3 Å². The molecule has 0 aliphatic rings. The van der Waals surface area contributed by atoms with Gasteiger partial charge >= 0.3 is 5.97 Å². The summed E-state index contributed by atoms with van der Waals surface area (Å²) in [7, 11) is 1.57. The van der Waals surface area contributed by atoms with Gasteiger partial charge in [0.15, 0.2) is 0 Å². The van der Waals surface area contributed by atoms with Gasteiger partial charge < -0.3 is 9.47 Å². The van der Waals surface area contributed by atoms with Gasteiger partial charge in [-0.25, -0.2) is 0 Å². The Labute approximate surface area is 107 Å². The first-order valence-electron chi connectivity index (χ1n) is 5.34. The molecule has 0 aromatic heterocycles. The highest BCUT2D eigenvalue weighted by Crippen LogP contribution is 2.24.